The molecule has 1 heterocycles. The van der Waals surface area contributed by atoms with Gasteiger partial charge < -0.3 is 25.0 Å². The maximum absolute atomic E-state index is 12.2. The number of nitrogens with zero attached hydrogens (tertiary/aromatic N) is 4. The van der Waals surface area contributed by atoms with Crippen LogP contribution in [0.2, 0.25) is 0 Å². The molecule has 0 saturated carbocycles. The van der Waals surface area contributed by atoms with Crippen LogP contribution in [0.3, 0.4) is 0 Å². The van der Waals surface area contributed by atoms with Gasteiger partial charge in [-0.3, -0.25) is 0 Å². The van der Waals surface area contributed by atoms with E-state index in [0.29, 0.717) is 34.1 Å². The number of hydrogen-bond acceptors (Lipinski definition) is 9. The summed E-state index contributed by atoms with van der Waals surface area (Å²) in [5, 5.41) is 0. The highest BCUT2D eigenvalue weighted by Gasteiger charge is 2.23. The summed E-state index contributed by atoms with van der Waals surface area (Å²) < 4.78 is 9.76. The number of nitrogens with two attached hydrogens (primary N) is 1. The van der Waals surface area contributed by atoms with Crippen molar-refractivity contribution in [3.63, 3.8) is 0 Å². The standard InChI is InChI=1S/C22H23N5O4/c1-26(16-11-7-5-9-14(16)21(28)30-3)19-18(23)20(25-13-24-19)27(2)17-12-8-6-10-15(17)22(29)31-4/h5-13H,23H2,1-4H3. The van der Waals surface area contributed by atoms with Gasteiger partial charge in [-0.05, 0) is 24.3 Å². The van der Waals surface area contributed by atoms with Crippen LogP contribution in [0.25, 0.3) is 0 Å². The Hall–Kier alpha value is -4.14. The van der Waals surface area contributed by atoms with Gasteiger partial charge in [0.25, 0.3) is 0 Å². The average molecular weight is 421 g/mol. The van der Waals surface area contributed by atoms with Crippen LogP contribution in [-0.2, 0) is 9.47 Å². The first-order chi connectivity index (χ1) is 14.9. The van der Waals surface area contributed by atoms with Crippen molar-refractivity contribution < 1.29 is 19.1 Å². The Morgan fingerprint density at radius 3 is 1.55 bits per heavy atom. The van der Waals surface area contributed by atoms with Crippen LogP contribution in [-0.4, -0.2) is 50.2 Å². The number of rotatable bonds is 6. The van der Waals surface area contributed by atoms with Gasteiger partial charge in [0, 0.05) is 14.1 Å². The molecule has 9 heteroatoms. The lowest BCUT2D eigenvalue weighted by Gasteiger charge is -2.26. The van der Waals surface area contributed by atoms with Gasteiger partial charge in [0.2, 0.25) is 0 Å². The van der Waals surface area contributed by atoms with Crippen LogP contribution in [0.15, 0.2) is 54.9 Å². The lowest BCUT2D eigenvalue weighted by molar-refractivity contribution is 0.0592. The minimum absolute atomic E-state index is 0.270. The molecule has 3 rings (SSSR count). The summed E-state index contributed by atoms with van der Waals surface area (Å²) in [5.74, 6) is -0.161. The molecule has 0 unspecified atom stereocenters. The lowest BCUT2D eigenvalue weighted by atomic mass is 10.1. The zero-order valence-corrected chi connectivity index (χ0v) is 17.7. The van der Waals surface area contributed by atoms with Crippen LogP contribution in [0.1, 0.15) is 20.7 Å². The number of ether oxygens (including phenoxy) is 2. The van der Waals surface area contributed by atoms with E-state index in [0.717, 1.165) is 0 Å². The van der Waals surface area contributed by atoms with E-state index in [2.05, 4.69) is 9.97 Å². The molecule has 31 heavy (non-hydrogen) atoms. The molecular weight excluding hydrogens is 398 g/mol. The van der Waals surface area contributed by atoms with Gasteiger partial charge in [0.05, 0.1) is 36.7 Å². The quantitative estimate of drug-likeness (QED) is 0.600. The summed E-state index contributed by atoms with van der Waals surface area (Å²) in [5.41, 5.74) is 8.60. The van der Waals surface area contributed by atoms with Crippen LogP contribution in [0.4, 0.5) is 28.7 Å². The molecule has 0 amide bonds. The molecule has 0 aliphatic heterocycles. The van der Waals surface area contributed by atoms with Crippen LogP contribution in [0, 0.1) is 0 Å². The zero-order valence-electron chi connectivity index (χ0n) is 17.7. The predicted octanol–water partition coefficient (Wildman–Crippen LogP) is 3.17. The third kappa shape index (κ3) is 4.11. The Balaban J connectivity index is 2.06. The van der Waals surface area contributed by atoms with Crippen LogP contribution in [0.5, 0.6) is 0 Å². The molecule has 0 saturated heterocycles. The van der Waals surface area contributed by atoms with Gasteiger partial charge in [0.1, 0.15) is 12.0 Å². The van der Waals surface area contributed by atoms with Crippen LogP contribution < -0.4 is 15.5 Å². The Morgan fingerprint density at radius 1 is 0.774 bits per heavy atom. The fourth-order valence-electron chi connectivity index (χ4n) is 3.24. The van der Waals surface area contributed by atoms with E-state index in [-0.39, 0.29) is 5.69 Å². The minimum atomic E-state index is -0.473. The normalized spacial score (nSPS) is 10.3. The second kappa shape index (κ2) is 9.12. The summed E-state index contributed by atoms with van der Waals surface area (Å²) in [4.78, 5) is 36.4. The minimum Gasteiger partial charge on any atom is -0.465 e. The Kier molecular flexibility index (Phi) is 6.35. The monoisotopic (exact) mass is 421 g/mol. The van der Waals surface area contributed by atoms with Gasteiger partial charge >= 0.3 is 11.9 Å². The molecule has 2 aromatic carbocycles. The predicted molar refractivity (Wildman–Crippen MR) is 118 cm³/mol. The largest absolute Gasteiger partial charge is 0.465 e. The van der Waals surface area contributed by atoms with Gasteiger partial charge in [-0.15, -0.1) is 0 Å². The van der Waals surface area contributed by atoms with Crippen molar-refractivity contribution in [1.29, 1.82) is 0 Å². The molecule has 9 nitrogen and oxygen atoms in total. The smallest absolute Gasteiger partial charge is 0.339 e. The first kappa shape index (κ1) is 21.6. The van der Waals surface area contributed by atoms with E-state index in [1.54, 1.807) is 72.4 Å². The highest BCUT2D eigenvalue weighted by atomic mass is 16.5. The van der Waals surface area contributed by atoms with Gasteiger partial charge in [-0.2, -0.15) is 0 Å². The SMILES string of the molecule is COC(=O)c1ccccc1N(C)c1ncnc(N(C)c2ccccc2C(=O)OC)c1N. The first-order valence-electron chi connectivity index (χ1n) is 9.33. The number of benzene rings is 2. The molecule has 0 radical (unpaired) electrons. The number of para-hydroxylation sites is 2. The van der Waals surface area contributed by atoms with Gasteiger partial charge in [0.15, 0.2) is 11.6 Å². The van der Waals surface area contributed by atoms with Crippen molar-refractivity contribution in [2.24, 2.45) is 0 Å². The number of carbonyl (C=O) groups is 2. The second-order valence-electron chi connectivity index (χ2n) is 6.57. The van der Waals surface area contributed by atoms with E-state index in [1.165, 1.54) is 20.5 Å². The maximum Gasteiger partial charge on any atom is 0.339 e. The topological polar surface area (TPSA) is 111 Å². The van der Waals surface area contributed by atoms with Gasteiger partial charge in [-0.25, -0.2) is 19.6 Å². The summed E-state index contributed by atoms with van der Waals surface area (Å²) in [6.45, 7) is 0. The number of carbonyl (C=O) groups excluding carboxylic acids is 2. The Morgan fingerprint density at radius 2 is 1.16 bits per heavy atom. The van der Waals surface area contributed by atoms with Crippen molar-refractivity contribution in [3.05, 3.63) is 66.0 Å². The third-order valence-electron chi connectivity index (χ3n) is 4.82. The number of aromatic nitrogens is 2. The summed E-state index contributed by atoms with van der Waals surface area (Å²) in [7, 11) is 6.13. The van der Waals surface area contributed by atoms with E-state index < -0.39 is 11.9 Å². The number of nitrogen functional groups attached to an aromatic ring is 1. The molecule has 160 valence electrons. The van der Waals surface area contributed by atoms with Crippen molar-refractivity contribution in [1.82, 2.24) is 9.97 Å². The number of esters is 2. The van der Waals surface area contributed by atoms with Crippen molar-refractivity contribution in [3.8, 4) is 0 Å². The molecule has 0 fully saturated rings. The average Bonchev–Trinajstić information content (AvgIpc) is 2.82. The number of methoxy groups -OCH3 is 2. The molecular formula is C22H23N5O4. The van der Waals surface area contributed by atoms with E-state index in [4.69, 9.17) is 15.2 Å². The molecule has 0 aliphatic rings. The maximum atomic E-state index is 12.2. The van der Waals surface area contributed by atoms with Crippen molar-refractivity contribution in [2.45, 2.75) is 0 Å². The summed E-state index contributed by atoms with van der Waals surface area (Å²) >= 11 is 0. The molecule has 0 spiro atoms. The lowest BCUT2D eigenvalue weighted by Crippen LogP contribution is -2.21. The number of anilines is 5. The number of hydrogen-bond donors (Lipinski definition) is 1. The Bertz CT molecular complexity index is 1030. The van der Waals surface area contributed by atoms with Crippen molar-refractivity contribution in [2.75, 3.05) is 43.8 Å². The van der Waals surface area contributed by atoms with Crippen molar-refractivity contribution >= 4 is 40.6 Å². The summed E-state index contributed by atoms with van der Waals surface area (Å²) in [6, 6.07) is 14.0. The highest BCUT2D eigenvalue weighted by Crippen LogP contribution is 2.36. The Labute approximate surface area is 180 Å². The molecule has 3 aromatic rings. The molecule has 0 bridgehead atoms. The highest BCUT2D eigenvalue weighted by molar-refractivity contribution is 5.99. The van der Waals surface area contributed by atoms with E-state index in [1.807, 2.05) is 0 Å². The summed E-state index contributed by atoms with van der Waals surface area (Å²) in [6.07, 6.45) is 1.37. The third-order valence-corrected chi connectivity index (χ3v) is 4.82. The van der Waals surface area contributed by atoms with Crippen LogP contribution >= 0.6 is 0 Å². The van der Waals surface area contributed by atoms with E-state index in [9.17, 15) is 9.59 Å². The molecule has 0 atom stereocenters. The van der Waals surface area contributed by atoms with E-state index >= 15 is 0 Å². The fourth-order valence-corrected chi connectivity index (χ4v) is 3.24. The molecule has 2 N–H and O–H groups in total. The first-order valence-corrected chi connectivity index (χ1v) is 9.33. The fraction of sp³-hybridized carbons (Fsp3) is 0.182. The second-order valence-corrected chi connectivity index (χ2v) is 6.57. The molecule has 1 aromatic heterocycles. The van der Waals surface area contributed by atoms with Gasteiger partial charge in [-0.1, -0.05) is 24.3 Å². The molecule has 0 aliphatic carbocycles. The zero-order chi connectivity index (χ0) is 22.5.